The van der Waals surface area contributed by atoms with Gasteiger partial charge < -0.3 is 14.5 Å². The summed E-state index contributed by atoms with van der Waals surface area (Å²) < 4.78 is 11.0. The van der Waals surface area contributed by atoms with Crippen LogP contribution >= 0.6 is 0 Å². The van der Waals surface area contributed by atoms with Gasteiger partial charge >= 0.3 is 0 Å². The number of rotatable bonds is 6. The highest BCUT2D eigenvalue weighted by Crippen LogP contribution is 2.28. The van der Waals surface area contributed by atoms with E-state index in [1.807, 2.05) is 31.2 Å². The Balaban J connectivity index is 1.81. The molecule has 1 aliphatic rings. The number of hydrogen-bond donors (Lipinski definition) is 1. The van der Waals surface area contributed by atoms with Gasteiger partial charge in [-0.3, -0.25) is 4.79 Å². The number of aromatic nitrogens is 2. The quantitative estimate of drug-likeness (QED) is 0.886. The smallest absolute Gasteiger partial charge is 0.251 e. The average molecular weight is 286 g/mol. The zero-order chi connectivity index (χ0) is 14.7. The van der Waals surface area contributed by atoms with Crippen molar-refractivity contribution in [2.75, 3.05) is 6.61 Å². The molecule has 1 aromatic heterocycles. The number of nitrogens with one attached hydrogen (secondary N) is 1. The minimum atomic E-state index is -0.173. The lowest BCUT2D eigenvalue weighted by Gasteiger charge is -2.07. The number of H-pyrrole nitrogens is 1. The van der Waals surface area contributed by atoms with Crippen LogP contribution in [0.2, 0.25) is 0 Å². The summed E-state index contributed by atoms with van der Waals surface area (Å²) in [4.78, 5) is 18.8. The van der Waals surface area contributed by atoms with E-state index in [0.29, 0.717) is 30.8 Å². The Morgan fingerprint density at radius 2 is 2.05 bits per heavy atom. The molecule has 0 unspecified atom stereocenters. The molecule has 0 atom stereocenters. The SMILES string of the molecule is CCOCc1nc(-c2ccc(OC3CC3)cc2)cc(=O)[nH]1. The number of ether oxygens (including phenoxy) is 2. The van der Waals surface area contributed by atoms with Crippen molar-refractivity contribution in [2.24, 2.45) is 0 Å². The van der Waals surface area contributed by atoms with Crippen molar-refractivity contribution < 1.29 is 9.47 Å². The zero-order valence-electron chi connectivity index (χ0n) is 12.0. The third-order valence-corrected chi connectivity index (χ3v) is 3.21. The molecule has 3 rings (SSSR count). The summed E-state index contributed by atoms with van der Waals surface area (Å²) in [5.41, 5.74) is 1.36. The van der Waals surface area contributed by atoms with Crippen molar-refractivity contribution in [2.45, 2.75) is 32.5 Å². The summed E-state index contributed by atoms with van der Waals surface area (Å²) in [7, 11) is 0. The summed E-state index contributed by atoms with van der Waals surface area (Å²) >= 11 is 0. The summed E-state index contributed by atoms with van der Waals surface area (Å²) in [6, 6.07) is 9.16. The standard InChI is InChI=1S/C16H18N2O3/c1-2-20-10-15-17-14(9-16(19)18-15)11-3-5-12(6-4-11)21-13-7-8-13/h3-6,9,13H,2,7-8,10H2,1H3,(H,17,18,19). The van der Waals surface area contributed by atoms with Gasteiger partial charge in [-0.2, -0.15) is 0 Å². The fraction of sp³-hybridized carbons (Fsp3) is 0.375. The minimum Gasteiger partial charge on any atom is -0.490 e. The minimum absolute atomic E-state index is 0.173. The molecule has 5 heteroatoms. The Morgan fingerprint density at radius 3 is 2.71 bits per heavy atom. The van der Waals surface area contributed by atoms with Crippen LogP contribution in [0.25, 0.3) is 11.3 Å². The Morgan fingerprint density at radius 1 is 1.29 bits per heavy atom. The topological polar surface area (TPSA) is 64.2 Å². The zero-order valence-corrected chi connectivity index (χ0v) is 12.0. The second kappa shape index (κ2) is 6.10. The number of aromatic amines is 1. The van der Waals surface area contributed by atoms with E-state index < -0.39 is 0 Å². The maximum atomic E-state index is 11.7. The maximum absolute atomic E-state index is 11.7. The van der Waals surface area contributed by atoms with Crippen LogP contribution in [0, 0.1) is 0 Å². The molecule has 1 heterocycles. The Labute approximate surface area is 123 Å². The predicted octanol–water partition coefficient (Wildman–Crippen LogP) is 2.51. The van der Waals surface area contributed by atoms with Gasteiger partial charge in [0.05, 0.1) is 11.8 Å². The summed E-state index contributed by atoms with van der Waals surface area (Å²) in [5.74, 6) is 1.40. The monoisotopic (exact) mass is 286 g/mol. The Hall–Kier alpha value is -2.14. The van der Waals surface area contributed by atoms with E-state index in [1.165, 1.54) is 6.07 Å². The molecular weight excluding hydrogens is 268 g/mol. The Kier molecular flexibility index (Phi) is 4.01. The van der Waals surface area contributed by atoms with Gasteiger partial charge in [-0.1, -0.05) is 0 Å². The summed E-state index contributed by atoms with van der Waals surface area (Å²) in [6.07, 6.45) is 2.65. The highest BCUT2D eigenvalue weighted by Gasteiger charge is 2.23. The third-order valence-electron chi connectivity index (χ3n) is 3.21. The molecule has 1 N–H and O–H groups in total. The van der Waals surface area contributed by atoms with Crippen molar-refractivity contribution in [3.05, 3.63) is 46.5 Å². The van der Waals surface area contributed by atoms with E-state index in [0.717, 1.165) is 24.2 Å². The molecule has 110 valence electrons. The van der Waals surface area contributed by atoms with Gasteiger partial charge in [0.2, 0.25) is 0 Å². The summed E-state index contributed by atoms with van der Waals surface area (Å²) in [5, 5.41) is 0. The van der Waals surface area contributed by atoms with Crippen LogP contribution in [-0.2, 0) is 11.3 Å². The van der Waals surface area contributed by atoms with Crippen molar-refractivity contribution in [1.82, 2.24) is 9.97 Å². The fourth-order valence-corrected chi connectivity index (χ4v) is 2.01. The third kappa shape index (κ3) is 3.70. The molecule has 1 aromatic carbocycles. The van der Waals surface area contributed by atoms with E-state index in [1.54, 1.807) is 0 Å². The molecule has 0 aliphatic heterocycles. The van der Waals surface area contributed by atoms with E-state index in [4.69, 9.17) is 9.47 Å². The number of nitrogens with zero attached hydrogens (tertiary/aromatic N) is 1. The lowest BCUT2D eigenvalue weighted by molar-refractivity contribution is 0.128. The van der Waals surface area contributed by atoms with Gasteiger partial charge in [-0.15, -0.1) is 0 Å². The van der Waals surface area contributed by atoms with Crippen LogP contribution in [0.1, 0.15) is 25.6 Å². The van der Waals surface area contributed by atoms with Gasteiger partial charge in [0.1, 0.15) is 18.2 Å². The molecule has 0 spiro atoms. The molecule has 0 amide bonds. The largest absolute Gasteiger partial charge is 0.490 e. The molecule has 1 fully saturated rings. The summed E-state index contributed by atoms with van der Waals surface area (Å²) in [6.45, 7) is 2.80. The van der Waals surface area contributed by atoms with Crippen molar-refractivity contribution in [1.29, 1.82) is 0 Å². The highest BCUT2D eigenvalue weighted by atomic mass is 16.5. The van der Waals surface area contributed by atoms with Crippen LogP contribution in [0.5, 0.6) is 5.75 Å². The van der Waals surface area contributed by atoms with Gasteiger partial charge in [0.15, 0.2) is 0 Å². The lowest BCUT2D eigenvalue weighted by Crippen LogP contribution is -2.12. The van der Waals surface area contributed by atoms with Crippen molar-refractivity contribution in [3.63, 3.8) is 0 Å². The second-order valence-electron chi connectivity index (χ2n) is 5.06. The first kappa shape index (κ1) is 13.8. The van der Waals surface area contributed by atoms with Crippen molar-refractivity contribution >= 4 is 0 Å². The van der Waals surface area contributed by atoms with Gasteiger partial charge in [0.25, 0.3) is 5.56 Å². The average Bonchev–Trinajstić information content (AvgIpc) is 3.29. The van der Waals surface area contributed by atoms with Crippen LogP contribution < -0.4 is 10.3 Å². The van der Waals surface area contributed by atoms with E-state index in [-0.39, 0.29) is 5.56 Å². The first-order valence-electron chi connectivity index (χ1n) is 7.19. The fourth-order valence-electron chi connectivity index (χ4n) is 2.01. The normalized spacial score (nSPS) is 14.1. The molecule has 1 saturated carbocycles. The number of hydrogen-bond acceptors (Lipinski definition) is 4. The molecule has 0 bridgehead atoms. The molecule has 0 saturated heterocycles. The highest BCUT2D eigenvalue weighted by molar-refractivity contribution is 5.59. The first-order valence-corrected chi connectivity index (χ1v) is 7.19. The molecular formula is C16H18N2O3. The van der Waals surface area contributed by atoms with Gasteiger partial charge in [-0.05, 0) is 44.0 Å². The Bertz CT molecular complexity index is 660. The van der Waals surface area contributed by atoms with Gasteiger partial charge in [-0.25, -0.2) is 4.98 Å². The van der Waals surface area contributed by atoms with Crippen molar-refractivity contribution in [3.8, 4) is 17.0 Å². The number of benzene rings is 1. The molecule has 21 heavy (non-hydrogen) atoms. The molecule has 5 nitrogen and oxygen atoms in total. The van der Waals surface area contributed by atoms with Gasteiger partial charge in [0, 0.05) is 18.2 Å². The lowest BCUT2D eigenvalue weighted by atomic mass is 10.1. The maximum Gasteiger partial charge on any atom is 0.251 e. The van der Waals surface area contributed by atoms with Crippen LogP contribution in [0.3, 0.4) is 0 Å². The van der Waals surface area contributed by atoms with Crippen LogP contribution in [-0.4, -0.2) is 22.7 Å². The molecule has 0 radical (unpaired) electrons. The van der Waals surface area contributed by atoms with E-state index in [9.17, 15) is 4.79 Å². The van der Waals surface area contributed by atoms with Crippen LogP contribution in [0.4, 0.5) is 0 Å². The second-order valence-corrected chi connectivity index (χ2v) is 5.06. The molecule has 2 aromatic rings. The van der Waals surface area contributed by atoms with E-state index in [2.05, 4.69) is 9.97 Å². The molecule has 1 aliphatic carbocycles. The first-order chi connectivity index (χ1) is 10.2. The predicted molar refractivity (Wildman–Crippen MR) is 79.3 cm³/mol. The van der Waals surface area contributed by atoms with E-state index >= 15 is 0 Å². The van der Waals surface area contributed by atoms with Crippen LogP contribution in [0.15, 0.2) is 35.1 Å².